The molecular weight excluding hydrogens is 338 g/mol. The van der Waals surface area contributed by atoms with E-state index < -0.39 is 6.10 Å². The fourth-order valence-corrected chi connectivity index (χ4v) is 3.99. The summed E-state index contributed by atoms with van der Waals surface area (Å²) in [6.45, 7) is 2.93. The summed E-state index contributed by atoms with van der Waals surface area (Å²) in [5.41, 5.74) is 1.97. The summed E-state index contributed by atoms with van der Waals surface area (Å²) in [6.07, 6.45) is 0.987. The number of piperidine rings is 1. The van der Waals surface area contributed by atoms with Gasteiger partial charge in [-0.3, -0.25) is 9.69 Å². The van der Waals surface area contributed by atoms with Crippen LogP contribution in [-0.4, -0.2) is 48.2 Å². The van der Waals surface area contributed by atoms with E-state index in [4.69, 9.17) is 4.74 Å². The molecule has 2 atom stereocenters. The van der Waals surface area contributed by atoms with Crippen LogP contribution in [0.4, 0.5) is 0 Å². The summed E-state index contributed by atoms with van der Waals surface area (Å²) in [5, 5.41) is 10.6. The lowest BCUT2D eigenvalue weighted by atomic mass is 9.86. The zero-order valence-corrected chi connectivity index (χ0v) is 16.0. The van der Waals surface area contributed by atoms with Crippen molar-refractivity contribution in [2.24, 2.45) is 5.92 Å². The summed E-state index contributed by atoms with van der Waals surface area (Å²) >= 11 is 0. The second-order valence-corrected chi connectivity index (χ2v) is 7.36. The molecule has 3 rings (SSSR count). The van der Waals surface area contributed by atoms with Gasteiger partial charge in [-0.2, -0.15) is 0 Å². The number of rotatable bonds is 8. The zero-order valence-electron chi connectivity index (χ0n) is 16.0. The molecule has 0 aromatic heterocycles. The van der Waals surface area contributed by atoms with Crippen molar-refractivity contribution in [3.63, 3.8) is 0 Å². The Morgan fingerprint density at radius 2 is 1.67 bits per heavy atom. The third kappa shape index (κ3) is 5.48. The first-order valence-electron chi connectivity index (χ1n) is 9.72. The molecule has 1 saturated heterocycles. The topological polar surface area (TPSA) is 49.8 Å². The number of Topliss-reactive ketones (excluding diaryl/α,β-unsaturated/α-hetero) is 1. The molecule has 2 aromatic rings. The van der Waals surface area contributed by atoms with Gasteiger partial charge < -0.3 is 9.84 Å². The fourth-order valence-electron chi connectivity index (χ4n) is 3.99. The van der Waals surface area contributed by atoms with Crippen LogP contribution >= 0.6 is 0 Å². The summed E-state index contributed by atoms with van der Waals surface area (Å²) in [7, 11) is 1.64. The molecule has 0 saturated carbocycles. The van der Waals surface area contributed by atoms with Crippen LogP contribution in [0.1, 0.15) is 35.2 Å². The van der Waals surface area contributed by atoms with Crippen molar-refractivity contribution in [2.45, 2.75) is 38.0 Å². The Balaban J connectivity index is 1.51. The number of aliphatic hydroxyl groups is 1. The summed E-state index contributed by atoms with van der Waals surface area (Å²) in [6, 6.07) is 19.6. The molecule has 4 heteroatoms. The lowest BCUT2D eigenvalue weighted by Gasteiger charge is -2.37. The second kappa shape index (κ2) is 9.79. The van der Waals surface area contributed by atoms with Crippen LogP contribution in [0.2, 0.25) is 0 Å². The third-order valence-corrected chi connectivity index (χ3v) is 5.49. The highest BCUT2D eigenvalue weighted by Crippen LogP contribution is 2.27. The standard InChI is InChI=1S/C23H29NO3/c1-27-23(22(26)16-21(25)19-10-6-3-7-11-19)20-12-14-24(15-13-20)17-18-8-4-2-5-9-18/h2-11,20,22-23,26H,12-17H2,1H3. The third-order valence-electron chi connectivity index (χ3n) is 5.49. The minimum atomic E-state index is -0.770. The van der Waals surface area contributed by atoms with E-state index in [1.54, 1.807) is 19.2 Å². The number of carbonyl (C=O) groups excluding carboxylic acids is 1. The van der Waals surface area contributed by atoms with E-state index in [-0.39, 0.29) is 24.2 Å². The molecule has 0 radical (unpaired) electrons. The van der Waals surface area contributed by atoms with E-state index in [0.717, 1.165) is 32.5 Å². The molecule has 0 amide bonds. The van der Waals surface area contributed by atoms with Crippen molar-refractivity contribution in [2.75, 3.05) is 20.2 Å². The van der Waals surface area contributed by atoms with Crippen LogP contribution in [0, 0.1) is 5.92 Å². The molecule has 0 bridgehead atoms. The molecule has 0 spiro atoms. The maximum atomic E-state index is 12.4. The normalized spacial score (nSPS) is 18.1. The van der Waals surface area contributed by atoms with Gasteiger partial charge in [-0.25, -0.2) is 0 Å². The van der Waals surface area contributed by atoms with E-state index in [1.807, 2.05) is 24.3 Å². The van der Waals surface area contributed by atoms with Crippen molar-refractivity contribution in [3.8, 4) is 0 Å². The predicted molar refractivity (Wildman–Crippen MR) is 107 cm³/mol. The predicted octanol–water partition coefficient (Wildman–Crippen LogP) is 3.55. The lowest BCUT2D eigenvalue weighted by molar-refractivity contribution is -0.0600. The van der Waals surface area contributed by atoms with Crippen LogP contribution in [-0.2, 0) is 11.3 Å². The van der Waals surface area contributed by atoms with Gasteiger partial charge in [-0.15, -0.1) is 0 Å². The Bertz CT molecular complexity index is 696. The molecule has 2 unspecified atom stereocenters. The fraction of sp³-hybridized carbons (Fsp3) is 0.435. The maximum absolute atomic E-state index is 12.4. The number of likely N-dealkylation sites (tertiary alicyclic amines) is 1. The highest BCUT2D eigenvalue weighted by molar-refractivity contribution is 5.96. The Kier molecular flexibility index (Phi) is 7.16. The van der Waals surface area contributed by atoms with Gasteiger partial charge in [0, 0.05) is 25.6 Å². The van der Waals surface area contributed by atoms with Gasteiger partial charge in [0.25, 0.3) is 0 Å². The molecule has 27 heavy (non-hydrogen) atoms. The van der Waals surface area contributed by atoms with Crippen molar-refractivity contribution < 1.29 is 14.6 Å². The van der Waals surface area contributed by atoms with E-state index in [2.05, 4.69) is 29.2 Å². The number of aliphatic hydroxyl groups excluding tert-OH is 1. The van der Waals surface area contributed by atoms with Crippen molar-refractivity contribution in [3.05, 3.63) is 71.8 Å². The van der Waals surface area contributed by atoms with Crippen LogP contribution in [0.5, 0.6) is 0 Å². The SMILES string of the molecule is COC(C(O)CC(=O)c1ccccc1)C1CCN(Cc2ccccc2)CC1. The van der Waals surface area contributed by atoms with Gasteiger partial charge in [-0.1, -0.05) is 60.7 Å². The Labute approximate surface area is 161 Å². The molecule has 2 aromatic carbocycles. The molecule has 1 aliphatic heterocycles. The van der Waals surface area contributed by atoms with Crippen molar-refractivity contribution in [1.82, 2.24) is 4.90 Å². The quantitative estimate of drug-likeness (QED) is 0.725. The first kappa shape index (κ1) is 19.7. The smallest absolute Gasteiger partial charge is 0.165 e. The Morgan fingerprint density at radius 3 is 2.26 bits per heavy atom. The number of nitrogens with zero attached hydrogens (tertiary/aromatic N) is 1. The molecule has 4 nitrogen and oxygen atoms in total. The molecule has 1 heterocycles. The maximum Gasteiger partial charge on any atom is 0.165 e. The molecule has 1 fully saturated rings. The summed E-state index contributed by atoms with van der Waals surface area (Å²) in [4.78, 5) is 14.8. The van der Waals surface area contributed by atoms with Gasteiger partial charge in [0.15, 0.2) is 5.78 Å². The average molecular weight is 367 g/mol. The Hall–Kier alpha value is -2.01. The van der Waals surface area contributed by atoms with Gasteiger partial charge >= 0.3 is 0 Å². The highest BCUT2D eigenvalue weighted by Gasteiger charge is 2.32. The number of ether oxygens (including phenoxy) is 1. The Morgan fingerprint density at radius 1 is 1.07 bits per heavy atom. The number of carbonyl (C=O) groups is 1. The highest BCUT2D eigenvalue weighted by atomic mass is 16.5. The van der Waals surface area contributed by atoms with Crippen LogP contribution in [0.15, 0.2) is 60.7 Å². The first-order valence-corrected chi connectivity index (χ1v) is 9.72. The average Bonchev–Trinajstić information content (AvgIpc) is 2.71. The number of hydrogen-bond donors (Lipinski definition) is 1. The van der Waals surface area contributed by atoms with E-state index in [9.17, 15) is 9.90 Å². The monoisotopic (exact) mass is 367 g/mol. The van der Waals surface area contributed by atoms with Crippen LogP contribution < -0.4 is 0 Å². The molecule has 144 valence electrons. The second-order valence-electron chi connectivity index (χ2n) is 7.36. The number of benzene rings is 2. The van der Waals surface area contributed by atoms with Crippen LogP contribution in [0.25, 0.3) is 0 Å². The number of methoxy groups -OCH3 is 1. The van der Waals surface area contributed by atoms with Gasteiger partial charge in [0.2, 0.25) is 0 Å². The van der Waals surface area contributed by atoms with Crippen molar-refractivity contribution in [1.29, 1.82) is 0 Å². The van der Waals surface area contributed by atoms with E-state index >= 15 is 0 Å². The van der Waals surface area contributed by atoms with Gasteiger partial charge in [-0.05, 0) is 37.4 Å². The number of hydrogen-bond acceptors (Lipinski definition) is 4. The largest absolute Gasteiger partial charge is 0.390 e. The molecule has 1 N–H and O–H groups in total. The molecule has 1 aliphatic rings. The van der Waals surface area contributed by atoms with E-state index in [0.29, 0.717) is 5.56 Å². The first-order chi connectivity index (χ1) is 13.2. The van der Waals surface area contributed by atoms with Crippen molar-refractivity contribution >= 4 is 5.78 Å². The summed E-state index contributed by atoms with van der Waals surface area (Å²) < 4.78 is 5.62. The molecule has 0 aliphatic carbocycles. The van der Waals surface area contributed by atoms with Gasteiger partial charge in [0.05, 0.1) is 12.2 Å². The minimum absolute atomic E-state index is 0.0355. The zero-order chi connectivity index (χ0) is 19.1. The van der Waals surface area contributed by atoms with Crippen LogP contribution in [0.3, 0.4) is 0 Å². The van der Waals surface area contributed by atoms with E-state index in [1.165, 1.54) is 5.56 Å². The molecular formula is C23H29NO3. The minimum Gasteiger partial charge on any atom is -0.390 e. The lowest BCUT2D eigenvalue weighted by Crippen LogP contribution is -2.43. The number of ketones is 1. The summed E-state index contributed by atoms with van der Waals surface area (Å²) in [5.74, 6) is 0.243. The van der Waals surface area contributed by atoms with Gasteiger partial charge in [0.1, 0.15) is 0 Å².